The van der Waals surface area contributed by atoms with Crippen molar-refractivity contribution < 1.29 is 26.4 Å². The Morgan fingerprint density at radius 1 is 1.48 bits per heavy atom. The Morgan fingerprint density at radius 2 is 2.14 bits per heavy atom. The average Bonchev–Trinajstić information content (AvgIpc) is 2.82. The summed E-state index contributed by atoms with van der Waals surface area (Å²) in [5.41, 5.74) is -2.01. The molecule has 1 aliphatic heterocycles. The van der Waals surface area contributed by atoms with E-state index in [1.807, 2.05) is 0 Å². The zero-order valence-corrected chi connectivity index (χ0v) is 12.5. The van der Waals surface area contributed by atoms with E-state index in [-0.39, 0.29) is 23.1 Å². The molecule has 21 heavy (non-hydrogen) atoms. The van der Waals surface area contributed by atoms with Crippen molar-refractivity contribution in [3.05, 3.63) is 11.1 Å². The summed E-state index contributed by atoms with van der Waals surface area (Å²) in [7, 11) is -3.19. The first kappa shape index (κ1) is 16.0. The fraction of sp³-hybridized carbons (Fsp3) is 0.600. The smallest absolute Gasteiger partial charge is 0.332 e. The molecule has 1 unspecified atom stereocenters. The van der Waals surface area contributed by atoms with E-state index in [0.29, 0.717) is 11.3 Å². The Morgan fingerprint density at radius 3 is 2.62 bits per heavy atom. The molecule has 2 heterocycles. The van der Waals surface area contributed by atoms with E-state index in [1.165, 1.54) is 0 Å². The minimum atomic E-state index is -4.57. The maximum atomic E-state index is 12.4. The number of nitrogens with zero attached hydrogens (tertiary/aromatic N) is 1. The van der Waals surface area contributed by atoms with E-state index in [0.717, 1.165) is 5.38 Å². The van der Waals surface area contributed by atoms with Gasteiger partial charge in [0.2, 0.25) is 0 Å². The molecule has 1 atom stereocenters. The average molecular weight is 343 g/mol. The van der Waals surface area contributed by atoms with Gasteiger partial charge in [0, 0.05) is 5.38 Å². The zero-order chi connectivity index (χ0) is 15.9. The first-order valence-electron chi connectivity index (χ1n) is 5.81. The predicted molar refractivity (Wildman–Crippen MR) is 70.9 cm³/mol. The van der Waals surface area contributed by atoms with Gasteiger partial charge in [-0.05, 0) is 13.3 Å². The molecule has 1 fully saturated rings. The van der Waals surface area contributed by atoms with E-state index in [2.05, 4.69) is 15.6 Å². The van der Waals surface area contributed by atoms with Gasteiger partial charge in [-0.2, -0.15) is 13.2 Å². The van der Waals surface area contributed by atoms with Gasteiger partial charge in [-0.15, -0.1) is 11.3 Å². The molecule has 118 valence electrons. The summed E-state index contributed by atoms with van der Waals surface area (Å²) in [4.78, 5) is 15.0. The Bertz CT molecular complexity index is 656. The number of hydrogen-bond donors (Lipinski definition) is 2. The van der Waals surface area contributed by atoms with Crippen LogP contribution in [0.3, 0.4) is 0 Å². The summed E-state index contributed by atoms with van der Waals surface area (Å²) in [6, 6.07) is -0.780. The third-order valence-electron chi connectivity index (χ3n) is 2.93. The molecule has 0 aliphatic carbocycles. The van der Waals surface area contributed by atoms with Gasteiger partial charge in [0.1, 0.15) is 0 Å². The fourth-order valence-corrected chi connectivity index (χ4v) is 4.78. The molecule has 11 heteroatoms. The van der Waals surface area contributed by atoms with Crippen molar-refractivity contribution in [1.29, 1.82) is 0 Å². The van der Waals surface area contributed by atoms with E-state index in [4.69, 9.17) is 0 Å². The van der Waals surface area contributed by atoms with E-state index in [1.54, 1.807) is 6.92 Å². The molecule has 2 amide bonds. The van der Waals surface area contributed by atoms with Gasteiger partial charge in [0.05, 0.1) is 17.0 Å². The summed E-state index contributed by atoms with van der Waals surface area (Å²) < 4.78 is 59.9. The number of carbonyl (C=O) groups is 1. The number of amides is 2. The molecule has 0 bridgehead atoms. The van der Waals surface area contributed by atoms with Crippen LogP contribution in [-0.4, -0.2) is 36.5 Å². The predicted octanol–water partition coefficient (Wildman–Crippen LogP) is 1.86. The normalized spacial score (nSPS) is 24.8. The van der Waals surface area contributed by atoms with Crippen LogP contribution in [0.4, 0.5) is 23.1 Å². The lowest BCUT2D eigenvalue weighted by atomic mass is 10.0. The van der Waals surface area contributed by atoms with Gasteiger partial charge >= 0.3 is 12.2 Å². The van der Waals surface area contributed by atoms with Gasteiger partial charge in [-0.25, -0.2) is 18.2 Å². The van der Waals surface area contributed by atoms with Crippen molar-refractivity contribution in [1.82, 2.24) is 10.3 Å². The van der Waals surface area contributed by atoms with Gasteiger partial charge in [0.25, 0.3) is 0 Å². The van der Waals surface area contributed by atoms with Crippen LogP contribution < -0.4 is 10.6 Å². The second-order valence-corrected chi connectivity index (χ2v) is 8.06. The molecule has 6 nitrogen and oxygen atoms in total. The lowest BCUT2D eigenvalue weighted by Crippen LogP contribution is -2.48. The van der Waals surface area contributed by atoms with Crippen molar-refractivity contribution in [3.63, 3.8) is 0 Å². The second-order valence-electron chi connectivity index (χ2n) is 5.02. The van der Waals surface area contributed by atoms with E-state index < -0.39 is 33.3 Å². The number of sulfone groups is 1. The SMILES string of the molecule is CC1(NC(=O)Nc2nc(C(F)(F)F)cs2)CCS(=O)(=O)C1. The Labute approximate surface area is 122 Å². The van der Waals surface area contributed by atoms with Crippen molar-refractivity contribution in [3.8, 4) is 0 Å². The number of anilines is 1. The number of rotatable bonds is 2. The minimum absolute atomic E-state index is 0.0285. The molecule has 1 aromatic heterocycles. The lowest BCUT2D eigenvalue weighted by Gasteiger charge is -2.23. The van der Waals surface area contributed by atoms with Crippen molar-refractivity contribution in [2.45, 2.75) is 25.1 Å². The molecule has 0 spiro atoms. The Hall–Kier alpha value is -1.36. The number of thiazole rings is 1. The molecular formula is C10H12F3N3O3S2. The Kier molecular flexibility index (Phi) is 3.91. The molecule has 2 rings (SSSR count). The highest BCUT2D eigenvalue weighted by Crippen LogP contribution is 2.31. The van der Waals surface area contributed by atoms with Crippen LogP contribution >= 0.6 is 11.3 Å². The first-order valence-corrected chi connectivity index (χ1v) is 8.52. The van der Waals surface area contributed by atoms with Crippen molar-refractivity contribution in [2.24, 2.45) is 0 Å². The summed E-state index contributed by atoms with van der Waals surface area (Å²) >= 11 is 0.640. The molecule has 1 aromatic rings. The maximum absolute atomic E-state index is 12.4. The van der Waals surface area contributed by atoms with Crippen LogP contribution in [0.25, 0.3) is 0 Å². The van der Waals surface area contributed by atoms with E-state index >= 15 is 0 Å². The topological polar surface area (TPSA) is 88.2 Å². The van der Waals surface area contributed by atoms with Crippen LogP contribution in [-0.2, 0) is 16.0 Å². The van der Waals surface area contributed by atoms with Gasteiger partial charge in [-0.1, -0.05) is 0 Å². The quantitative estimate of drug-likeness (QED) is 0.858. The van der Waals surface area contributed by atoms with Gasteiger partial charge < -0.3 is 5.32 Å². The van der Waals surface area contributed by atoms with Crippen LogP contribution in [0.15, 0.2) is 5.38 Å². The summed E-state index contributed by atoms with van der Waals surface area (Å²) in [5.74, 6) is -0.224. The highest BCUT2D eigenvalue weighted by Gasteiger charge is 2.39. The van der Waals surface area contributed by atoms with Crippen LogP contribution in [0.2, 0.25) is 0 Å². The third-order valence-corrected chi connectivity index (χ3v) is 5.59. The van der Waals surface area contributed by atoms with E-state index in [9.17, 15) is 26.4 Å². The van der Waals surface area contributed by atoms with Crippen LogP contribution in [0.5, 0.6) is 0 Å². The maximum Gasteiger partial charge on any atom is 0.434 e. The molecule has 1 aliphatic rings. The van der Waals surface area contributed by atoms with Crippen LogP contribution in [0, 0.1) is 0 Å². The van der Waals surface area contributed by atoms with Gasteiger partial charge in [-0.3, -0.25) is 5.32 Å². The third kappa shape index (κ3) is 4.06. The monoisotopic (exact) mass is 343 g/mol. The molecule has 0 radical (unpaired) electrons. The second kappa shape index (κ2) is 5.13. The number of urea groups is 1. The Balaban J connectivity index is 1.98. The highest BCUT2D eigenvalue weighted by atomic mass is 32.2. The first-order chi connectivity index (χ1) is 9.49. The van der Waals surface area contributed by atoms with Crippen molar-refractivity contribution in [2.75, 3.05) is 16.8 Å². The highest BCUT2D eigenvalue weighted by molar-refractivity contribution is 7.91. The largest absolute Gasteiger partial charge is 0.434 e. The number of hydrogen-bond acceptors (Lipinski definition) is 5. The number of halogens is 3. The number of alkyl halides is 3. The molecule has 0 aromatic carbocycles. The molecule has 0 saturated carbocycles. The number of carbonyl (C=O) groups excluding carboxylic acids is 1. The van der Waals surface area contributed by atoms with Crippen LogP contribution in [0.1, 0.15) is 19.0 Å². The molecular weight excluding hydrogens is 331 g/mol. The lowest BCUT2D eigenvalue weighted by molar-refractivity contribution is -0.140. The molecule has 2 N–H and O–H groups in total. The standard InChI is InChI=1S/C10H12F3N3O3S2/c1-9(2-3-21(18,19)5-9)16-7(17)15-8-14-6(4-20-8)10(11,12)13/h4H,2-3,5H2,1H3,(H2,14,15,16,17). The minimum Gasteiger partial charge on any atom is -0.332 e. The summed E-state index contributed by atoms with van der Waals surface area (Å²) in [6.07, 6.45) is -4.31. The number of nitrogens with one attached hydrogen (secondary N) is 2. The number of aromatic nitrogens is 1. The van der Waals surface area contributed by atoms with Gasteiger partial charge in [0.15, 0.2) is 20.7 Å². The fourth-order valence-electron chi connectivity index (χ4n) is 1.97. The summed E-state index contributed by atoms with van der Waals surface area (Å²) in [5, 5.41) is 5.22. The van der Waals surface area contributed by atoms with Crippen molar-refractivity contribution >= 4 is 32.3 Å². The molecule has 1 saturated heterocycles. The zero-order valence-electron chi connectivity index (χ0n) is 10.8. The summed E-state index contributed by atoms with van der Waals surface area (Å²) in [6.45, 7) is 1.57.